The van der Waals surface area contributed by atoms with Crippen molar-refractivity contribution in [3.05, 3.63) is 41.9 Å². The molecule has 4 rings (SSSR count). The molecule has 3 heterocycles. The maximum absolute atomic E-state index is 6.07. The highest BCUT2D eigenvalue weighted by Gasteiger charge is 2.25. The summed E-state index contributed by atoms with van der Waals surface area (Å²) >= 11 is 0. The number of nitrogens with zero attached hydrogens (tertiary/aromatic N) is 4. The van der Waals surface area contributed by atoms with E-state index in [1.54, 1.807) is 6.33 Å². The van der Waals surface area contributed by atoms with E-state index in [9.17, 15) is 0 Å². The van der Waals surface area contributed by atoms with Crippen LogP contribution >= 0.6 is 0 Å². The summed E-state index contributed by atoms with van der Waals surface area (Å²) in [6.45, 7) is 3.21. The molecule has 0 unspecified atom stereocenters. The fraction of sp³-hybridized carbons (Fsp3) is 0.444. The van der Waals surface area contributed by atoms with Crippen LogP contribution in [0.5, 0.6) is 11.5 Å². The molecule has 6 nitrogen and oxygen atoms in total. The molecule has 2 aliphatic rings. The minimum Gasteiger partial charge on any atom is -0.486 e. The van der Waals surface area contributed by atoms with Crippen molar-refractivity contribution >= 4 is 5.82 Å². The van der Waals surface area contributed by atoms with Crippen LogP contribution < -0.4 is 14.4 Å². The number of hydrogen-bond donors (Lipinski definition) is 0. The molecule has 126 valence electrons. The highest BCUT2D eigenvalue weighted by molar-refractivity contribution is 5.49. The van der Waals surface area contributed by atoms with E-state index < -0.39 is 0 Å². The number of fused-ring (bicyclic) bond motifs is 2. The molecule has 1 atom stereocenters. The van der Waals surface area contributed by atoms with Crippen LogP contribution in [0.2, 0.25) is 0 Å². The van der Waals surface area contributed by atoms with Gasteiger partial charge in [0.1, 0.15) is 18.8 Å². The van der Waals surface area contributed by atoms with Crippen molar-refractivity contribution in [1.82, 2.24) is 14.9 Å². The van der Waals surface area contributed by atoms with E-state index in [2.05, 4.69) is 33.9 Å². The number of anilines is 1. The zero-order valence-corrected chi connectivity index (χ0v) is 14.1. The Hall–Kier alpha value is -2.34. The minimum atomic E-state index is -0.0168. The summed E-state index contributed by atoms with van der Waals surface area (Å²) in [6, 6.07) is 7.80. The number of likely N-dealkylation sites (N-methyl/N-ethyl adjacent to an activating group) is 2. The zero-order chi connectivity index (χ0) is 16.5. The lowest BCUT2D eigenvalue weighted by Crippen LogP contribution is -2.40. The Morgan fingerprint density at radius 3 is 2.96 bits per heavy atom. The van der Waals surface area contributed by atoms with Gasteiger partial charge in [-0.15, -0.1) is 0 Å². The smallest absolute Gasteiger partial charge is 0.161 e. The van der Waals surface area contributed by atoms with Crippen LogP contribution in [-0.4, -0.2) is 54.8 Å². The summed E-state index contributed by atoms with van der Waals surface area (Å²) in [7, 11) is 4.19. The molecule has 6 heteroatoms. The van der Waals surface area contributed by atoms with Gasteiger partial charge in [-0.25, -0.2) is 9.97 Å². The highest BCUT2D eigenvalue weighted by Crippen LogP contribution is 2.31. The van der Waals surface area contributed by atoms with Crippen LogP contribution in [0, 0.1) is 0 Å². The zero-order valence-electron chi connectivity index (χ0n) is 14.1. The molecule has 0 N–H and O–H groups in total. The van der Waals surface area contributed by atoms with Gasteiger partial charge in [0.15, 0.2) is 17.6 Å². The molecule has 0 saturated carbocycles. The van der Waals surface area contributed by atoms with Gasteiger partial charge in [0.2, 0.25) is 0 Å². The molecule has 1 aromatic heterocycles. The summed E-state index contributed by atoms with van der Waals surface area (Å²) in [4.78, 5) is 13.4. The van der Waals surface area contributed by atoms with Gasteiger partial charge < -0.3 is 19.3 Å². The summed E-state index contributed by atoms with van der Waals surface area (Å²) < 4.78 is 11.9. The molecule has 0 amide bonds. The lowest BCUT2D eigenvalue weighted by molar-refractivity contribution is 0.0959. The molecular formula is C18H22N4O2. The molecule has 2 aromatic rings. The van der Waals surface area contributed by atoms with Gasteiger partial charge in [0, 0.05) is 32.1 Å². The number of hydrogen-bond acceptors (Lipinski definition) is 6. The molecule has 0 spiro atoms. The number of para-hydroxylation sites is 2. The highest BCUT2D eigenvalue weighted by atomic mass is 16.6. The average molecular weight is 326 g/mol. The van der Waals surface area contributed by atoms with Gasteiger partial charge in [-0.05, 0) is 19.2 Å². The van der Waals surface area contributed by atoms with Crippen molar-refractivity contribution in [3.63, 3.8) is 0 Å². The van der Waals surface area contributed by atoms with Crippen LogP contribution in [0.1, 0.15) is 11.3 Å². The summed E-state index contributed by atoms with van der Waals surface area (Å²) in [5.74, 6) is 2.62. The van der Waals surface area contributed by atoms with Crippen molar-refractivity contribution in [2.24, 2.45) is 0 Å². The second kappa shape index (κ2) is 6.28. The Balaban J connectivity index is 1.51. The van der Waals surface area contributed by atoms with E-state index in [0.717, 1.165) is 49.1 Å². The summed E-state index contributed by atoms with van der Waals surface area (Å²) in [5.41, 5.74) is 2.39. The van der Waals surface area contributed by atoms with Crippen LogP contribution in [-0.2, 0) is 13.0 Å². The lowest BCUT2D eigenvalue weighted by Gasteiger charge is -2.32. The first kappa shape index (κ1) is 15.2. The summed E-state index contributed by atoms with van der Waals surface area (Å²) in [5, 5.41) is 0. The topological polar surface area (TPSA) is 50.7 Å². The van der Waals surface area contributed by atoms with E-state index >= 15 is 0 Å². The van der Waals surface area contributed by atoms with Crippen molar-refractivity contribution in [2.45, 2.75) is 19.1 Å². The number of benzene rings is 1. The fourth-order valence-corrected chi connectivity index (χ4v) is 3.34. The first-order chi connectivity index (χ1) is 11.7. The third-order valence-corrected chi connectivity index (χ3v) is 4.58. The van der Waals surface area contributed by atoms with Crippen molar-refractivity contribution in [1.29, 1.82) is 0 Å². The Labute approximate surface area is 142 Å². The van der Waals surface area contributed by atoms with Gasteiger partial charge in [0.05, 0.1) is 12.2 Å². The normalized spacial score (nSPS) is 19.7. The lowest BCUT2D eigenvalue weighted by atomic mass is 10.1. The standard InChI is InChI=1S/C18H22N4O2/c1-21-8-7-15-14(10-21)18(20-12-19-15)22(2)9-13-11-23-16-5-3-4-6-17(16)24-13/h3-6,12-13H,7-11H2,1-2H3/t13-/m1/s1. The Bertz CT molecular complexity index is 737. The third kappa shape index (κ3) is 2.89. The Kier molecular flexibility index (Phi) is 3.98. The maximum atomic E-state index is 6.07. The fourth-order valence-electron chi connectivity index (χ4n) is 3.34. The van der Waals surface area contributed by atoms with Crippen molar-refractivity contribution < 1.29 is 9.47 Å². The second-order valence-electron chi connectivity index (χ2n) is 6.49. The van der Waals surface area contributed by atoms with Gasteiger partial charge >= 0.3 is 0 Å². The van der Waals surface area contributed by atoms with E-state index in [0.29, 0.717) is 6.61 Å². The van der Waals surface area contributed by atoms with Crippen LogP contribution in [0.15, 0.2) is 30.6 Å². The monoisotopic (exact) mass is 326 g/mol. The third-order valence-electron chi connectivity index (χ3n) is 4.58. The van der Waals surface area contributed by atoms with Crippen molar-refractivity contribution in [2.75, 3.05) is 38.7 Å². The van der Waals surface area contributed by atoms with Gasteiger partial charge in [0.25, 0.3) is 0 Å². The van der Waals surface area contributed by atoms with Gasteiger partial charge in [-0.1, -0.05) is 12.1 Å². The molecule has 0 fully saturated rings. The predicted molar refractivity (Wildman–Crippen MR) is 91.7 cm³/mol. The first-order valence-corrected chi connectivity index (χ1v) is 8.31. The molecule has 0 saturated heterocycles. The minimum absolute atomic E-state index is 0.0168. The molecule has 24 heavy (non-hydrogen) atoms. The average Bonchev–Trinajstić information content (AvgIpc) is 2.61. The van der Waals surface area contributed by atoms with Crippen molar-refractivity contribution in [3.8, 4) is 11.5 Å². The molecule has 0 aliphatic carbocycles. The largest absolute Gasteiger partial charge is 0.486 e. The predicted octanol–water partition coefficient (Wildman–Crippen LogP) is 1.74. The number of ether oxygens (including phenoxy) is 2. The number of aromatic nitrogens is 2. The molecule has 1 aromatic carbocycles. The molecule has 2 aliphatic heterocycles. The van der Waals surface area contributed by atoms with E-state index in [1.807, 2.05) is 24.3 Å². The van der Waals surface area contributed by atoms with E-state index in [-0.39, 0.29) is 6.10 Å². The van der Waals surface area contributed by atoms with Crippen LogP contribution in [0.3, 0.4) is 0 Å². The van der Waals surface area contributed by atoms with Gasteiger partial charge in [-0.2, -0.15) is 0 Å². The number of rotatable bonds is 3. The Morgan fingerprint density at radius 2 is 2.08 bits per heavy atom. The van der Waals surface area contributed by atoms with Crippen LogP contribution in [0.25, 0.3) is 0 Å². The summed E-state index contributed by atoms with van der Waals surface area (Å²) in [6.07, 6.45) is 2.63. The van der Waals surface area contributed by atoms with E-state index in [4.69, 9.17) is 9.47 Å². The first-order valence-electron chi connectivity index (χ1n) is 8.31. The maximum Gasteiger partial charge on any atom is 0.161 e. The molecule has 0 radical (unpaired) electrons. The van der Waals surface area contributed by atoms with Crippen LogP contribution in [0.4, 0.5) is 5.82 Å². The quantitative estimate of drug-likeness (QED) is 0.856. The Morgan fingerprint density at radius 1 is 1.25 bits per heavy atom. The van der Waals surface area contributed by atoms with Gasteiger partial charge in [-0.3, -0.25) is 0 Å². The molecule has 0 bridgehead atoms. The SMILES string of the molecule is CN1CCc2ncnc(N(C)C[C@@H]3COc4ccccc4O3)c2C1. The second-order valence-corrected chi connectivity index (χ2v) is 6.49. The molecular weight excluding hydrogens is 304 g/mol. The van der Waals surface area contributed by atoms with E-state index in [1.165, 1.54) is 5.56 Å².